The molecule has 0 radical (unpaired) electrons. The van der Waals surface area contributed by atoms with Crippen molar-refractivity contribution in [3.8, 4) is 0 Å². The molecule has 0 bridgehead atoms. The maximum absolute atomic E-state index is 12.1. The number of furan rings is 1. The van der Waals surface area contributed by atoms with Gasteiger partial charge in [-0.1, -0.05) is 11.6 Å². The van der Waals surface area contributed by atoms with E-state index >= 15 is 0 Å². The Morgan fingerprint density at radius 2 is 2.21 bits per heavy atom. The SMILES string of the molecule is O=S(=O)(NCc1ccc(Cl)s1)c1cc(CO)oc1Br. The molecule has 0 unspecified atom stereocenters. The van der Waals surface area contributed by atoms with E-state index in [-0.39, 0.29) is 28.5 Å². The highest BCUT2D eigenvalue weighted by Crippen LogP contribution is 2.27. The second-order valence-electron chi connectivity index (χ2n) is 3.54. The van der Waals surface area contributed by atoms with Crippen LogP contribution in [0.25, 0.3) is 0 Å². The average molecular weight is 387 g/mol. The van der Waals surface area contributed by atoms with Crippen LogP contribution >= 0.6 is 38.9 Å². The van der Waals surface area contributed by atoms with Gasteiger partial charge in [-0.3, -0.25) is 0 Å². The molecule has 2 rings (SSSR count). The highest BCUT2D eigenvalue weighted by Gasteiger charge is 2.22. The van der Waals surface area contributed by atoms with Crippen molar-refractivity contribution in [2.75, 3.05) is 0 Å². The predicted octanol–water partition coefficient (Wildman–Crippen LogP) is 2.73. The maximum Gasteiger partial charge on any atom is 0.245 e. The fourth-order valence-corrected chi connectivity index (χ4v) is 4.47. The smallest absolute Gasteiger partial charge is 0.245 e. The zero-order valence-corrected chi connectivity index (χ0v) is 13.4. The van der Waals surface area contributed by atoms with E-state index in [4.69, 9.17) is 21.1 Å². The van der Waals surface area contributed by atoms with Crippen LogP contribution in [0.5, 0.6) is 0 Å². The van der Waals surface area contributed by atoms with Gasteiger partial charge in [0.25, 0.3) is 0 Å². The molecule has 0 fully saturated rings. The largest absolute Gasteiger partial charge is 0.450 e. The van der Waals surface area contributed by atoms with Crippen LogP contribution in [-0.2, 0) is 23.2 Å². The van der Waals surface area contributed by atoms with Crippen molar-refractivity contribution < 1.29 is 17.9 Å². The highest BCUT2D eigenvalue weighted by atomic mass is 79.9. The van der Waals surface area contributed by atoms with Crippen molar-refractivity contribution >= 4 is 48.9 Å². The van der Waals surface area contributed by atoms with Crippen LogP contribution in [0.15, 0.2) is 32.2 Å². The first-order valence-electron chi connectivity index (χ1n) is 5.05. The first-order valence-corrected chi connectivity index (χ1v) is 8.52. The molecule has 0 spiro atoms. The normalized spacial score (nSPS) is 11.9. The summed E-state index contributed by atoms with van der Waals surface area (Å²) in [6.07, 6.45) is 0. The van der Waals surface area contributed by atoms with E-state index in [0.717, 1.165) is 4.88 Å². The number of hydrogen-bond acceptors (Lipinski definition) is 5. The molecule has 2 aromatic rings. The molecule has 2 N–H and O–H groups in total. The van der Waals surface area contributed by atoms with Gasteiger partial charge in [0.1, 0.15) is 17.3 Å². The molecule has 0 aliphatic carbocycles. The van der Waals surface area contributed by atoms with Crippen molar-refractivity contribution in [2.45, 2.75) is 18.0 Å². The van der Waals surface area contributed by atoms with Crippen LogP contribution in [0.1, 0.15) is 10.6 Å². The van der Waals surface area contributed by atoms with Crippen molar-refractivity contribution in [2.24, 2.45) is 0 Å². The summed E-state index contributed by atoms with van der Waals surface area (Å²) in [6.45, 7) is -0.222. The lowest BCUT2D eigenvalue weighted by atomic mass is 10.5. The molecular formula is C10H9BrClNO4S2. The van der Waals surface area contributed by atoms with Gasteiger partial charge >= 0.3 is 0 Å². The Balaban J connectivity index is 2.15. The summed E-state index contributed by atoms with van der Waals surface area (Å²) in [5.41, 5.74) is 0. The van der Waals surface area contributed by atoms with Crippen LogP contribution < -0.4 is 4.72 Å². The molecular weight excluding hydrogens is 378 g/mol. The van der Waals surface area contributed by atoms with E-state index in [2.05, 4.69) is 20.7 Å². The van der Waals surface area contributed by atoms with E-state index in [1.54, 1.807) is 12.1 Å². The molecule has 0 amide bonds. The van der Waals surface area contributed by atoms with E-state index in [0.29, 0.717) is 4.34 Å². The zero-order chi connectivity index (χ0) is 14.0. The Kier molecular flexibility index (Phi) is 4.70. The Labute approximate surface area is 127 Å². The molecule has 0 atom stereocenters. The minimum atomic E-state index is -3.71. The van der Waals surface area contributed by atoms with E-state index in [1.807, 2.05) is 0 Å². The average Bonchev–Trinajstić information content (AvgIpc) is 2.93. The first kappa shape index (κ1) is 15.0. The van der Waals surface area contributed by atoms with Crippen LogP contribution in [0.3, 0.4) is 0 Å². The summed E-state index contributed by atoms with van der Waals surface area (Å²) < 4.78 is 32.2. The summed E-state index contributed by atoms with van der Waals surface area (Å²) in [5.74, 6) is 0.173. The van der Waals surface area contributed by atoms with Crippen molar-refractivity contribution in [1.29, 1.82) is 0 Å². The summed E-state index contributed by atoms with van der Waals surface area (Å²) in [6, 6.07) is 4.72. The number of nitrogens with one attached hydrogen (secondary N) is 1. The predicted molar refractivity (Wildman–Crippen MR) is 75.7 cm³/mol. The lowest BCUT2D eigenvalue weighted by Crippen LogP contribution is -2.22. The number of aliphatic hydroxyl groups excluding tert-OH is 1. The Morgan fingerprint density at radius 3 is 2.74 bits per heavy atom. The molecule has 9 heteroatoms. The van der Waals surface area contributed by atoms with Gasteiger partial charge in [0.2, 0.25) is 10.0 Å². The third kappa shape index (κ3) is 3.59. The molecule has 0 saturated heterocycles. The lowest BCUT2D eigenvalue weighted by Gasteiger charge is -2.03. The minimum absolute atomic E-state index is 0.0424. The molecule has 0 saturated carbocycles. The number of rotatable bonds is 5. The molecule has 2 aromatic heterocycles. The second kappa shape index (κ2) is 5.94. The Bertz CT molecular complexity index is 680. The number of hydrogen-bond donors (Lipinski definition) is 2. The fraction of sp³-hybridized carbons (Fsp3) is 0.200. The summed E-state index contributed by atoms with van der Waals surface area (Å²) in [4.78, 5) is 0.759. The molecule has 0 aliphatic heterocycles. The number of thiophene rings is 1. The molecule has 0 aromatic carbocycles. The standard InChI is InChI=1S/C10H9BrClNO4S2/c11-10-8(3-6(5-14)17-10)19(15,16)13-4-7-1-2-9(12)18-7/h1-3,13-14H,4-5H2. The maximum atomic E-state index is 12.1. The second-order valence-corrected chi connectivity index (χ2v) is 7.79. The Morgan fingerprint density at radius 1 is 1.47 bits per heavy atom. The van der Waals surface area contributed by atoms with Crippen LogP contribution in [0.4, 0.5) is 0 Å². The lowest BCUT2D eigenvalue weighted by molar-refractivity contribution is 0.245. The van der Waals surface area contributed by atoms with Gasteiger partial charge in [-0.2, -0.15) is 0 Å². The monoisotopic (exact) mass is 385 g/mol. The van der Waals surface area contributed by atoms with Crippen LogP contribution in [-0.4, -0.2) is 13.5 Å². The van der Waals surface area contributed by atoms with Crippen molar-refractivity contribution in [3.63, 3.8) is 0 Å². The van der Waals surface area contributed by atoms with Gasteiger partial charge in [0.05, 0.1) is 4.34 Å². The van der Waals surface area contributed by atoms with Gasteiger partial charge in [0, 0.05) is 17.5 Å². The number of aliphatic hydroxyl groups is 1. The molecule has 104 valence electrons. The topological polar surface area (TPSA) is 79.5 Å². The van der Waals surface area contributed by atoms with E-state index in [9.17, 15) is 8.42 Å². The zero-order valence-electron chi connectivity index (χ0n) is 9.39. The minimum Gasteiger partial charge on any atom is -0.450 e. The Hall–Kier alpha value is -0.380. The van der Waals surface area contributed by atoms with Gasteiger partial charge in [-0.25, -0.2) is 13.1 Å². The number of sulfonamides is 1. The van der Waals surface area contributed by atoms with Crippen LogP contribution in [0, 0.1) is 0 Å². The third-order valence-corrected chi connectivity index (χ3v) is 5.71. The summed E-state index contributed by atoms with van der Waals surface area (Å²) >= 11 is 10.1. The third-order valence-electron chi connectivity index (χ3n) is 2.22. The van der Waals surface area contributed by atoms with Gasteiger partial charge in [-0.05, 0) is 28.1 Å². The van der Waals surface area contributed by atoms with Gasteiger partial charge in [-0.15, -0.1) is 11.3 Å². The van der Waals surface area contributed by atoms with Gasteiger partial charge in [0.15, 0.2) is 4.67 Å². The number of halogens is 2. The quantitative estimate of drug-likeness (QED) is 0.828. The van der Waals surface area contributed by atoms with Crippen LogP contribution in [0.2, 0.25) is 4.34 Å². The summed E-state index contributed by atoms with van der Waals surface area (Å²) in [7, 11) is -3.71. The fourth-order valence-electron chi connectivity index (χ4n) is 1.35. The molecule has 5 nitrogen and oxygen atoms in total. The first-order chi connectivity index (χ1) is 8.92. The highest BCUT2D eigenvalue weighted by molar-refractivity contribution is 9.10. The van der Waals surface area contributed by atoms with Crippen molar-refractivity contribution in [1.82, 2.24) is 4.72 Å². The molecule has 0 aliphatic rings. The van der Waals surface area contributed by atoms with E-state index in [1.165, 1.54) is 17.4 Å². The van der Waals surface area contributed by atoms with Crippen molar-refractivity contribution in [3.05, 3.63) is 37.8 Å². The summed E-state index contributed by atoms with van der Waals surface area (Å²) in [5, 5.41) is 8.91. The molecule has 19 heavy (non-hydrogen) atoms. The van der Waals surface area contributed by atoms with E-state index < -0.39 is 10.0 Å². The molecule has 2 heterocycles. The van der Waals surface area contributed by atoms with Gasteiger partial charge < -0.3 is 9.52 Å².